The summed E-state index contributed by atoms with van der Waals surface area (Å²) in [6.45, 7) is 11.9. The van der Waals surface area contributed by atoms with Crippen molar-refractivity contribution >= 4 is 23.7 Å². The Kier molecular flexibility index (Phi) is 15.4. The van der Waals surface area contributed by atoms with Crippen molar-refractivity contribution in [1.82, 2.24) is 0 Å². The van der Waals surface area contributed by atoms with Gasteiger partial charge in [-0.15, -0.1) is 24.3 Å². The first-order chi connectivity index (χ1) is 14.0. The summed E-state index contributed by atoms with van der Waals surface area (Å²) in [4.78, 5) is 27.1. The molecule has 0 amide bonds. The third-order valence-corrected chi connectivity index (χ3v) is 4.14. The fourth-order valence-corrected chi connectivity index (χ4v) is 2.48. The van der Waals surface area contributed by atoms with Crippen molar-refractivity contribution in [2.45, 2.75) is 53.6 Å². The van der Waals surface area contributed by atoms with E-state index in [1.165, 1.54) is 0 Å². The molecular formula is C22H31N2O7Rh. The zero-order valence-electron chi connectivity index (χ0n) is 19.1. The predicted molar refractivity (Wildman–Crippen MR) is 112 cm³/mol. The van der Waals surface area contributed by atoms with Crippen LogP contribution >= 0.6 is 0 Å². The molecule has 0 radical (unpaired) electrons. The van der Waals surface area contributed by atoms with Crippen LogP contribution in [0, 0.1) is 17.9 Å². The number of carboxylic acid groups (broad SMARTS) is 2. The van der Waals surface area contributed by atoms with Crippen molar-refractivity contribution in [1.29, 1.82) is 0 Å². The molecule has 10 heteroatoms. The largest absolute Gasteiger partial charge is 3.00 e. The first kappa shape index (κ1) is 31.9. The minimum absolute atomic E-state index is 0. The Labute approximate surface area is 202 Å². The zero-order valence-corrected chi connectivity index (χ0v) is 20.8. The van der Waals surface area contributed by atoms with Crippen LogP contribution < -0.4 is 10.2 Å². The number of hydrogen-bond acceptors (Lipinski definition) is 8. The maximum atomic E-state index is 8.89. The topological polar surface area (TPSA) is 155 Å². The molecule has 9 nitrogen and oxygen atoms in total. The molecular weight excluding hydrogens is 507 g/mol. The number of hydrogen-bond donors (Lipinski definition) is 0. The van der Waals surface area contributed by atoms with E-state index >= 15 is 0 Å². The Morgan fingerprint density at radius 1 is 0.906 bits per heavy atom. The van der Waals surface area contributed by atoms with Crippen molar-refractivity contribution in [3.63, 3.8) is 0 Å². The minimum Gasteiger partial charge on any atom is -0.550 e. The van der Waals surface area contributed by atoms with E-state index in [0.717, 1.165) is 25.0 Å². The molecule has 0 bridgehead atoms. The van der Waals surface area contributed by atoms with E-state index in [9.17, 15) is 0 Å². The summed E-state index contributed by atoms with van der Waals surface area (Å²) in [5, 5.41) is 17.8. The average molecular weight is 538 g/mol. The number of carbonyl (C=O) groups excluding carboxylic acids is 2. The van der Waals surface area contributed by atoms with Gasteiger partial charge in [0.05, 0.1) is 12.1 Å². The molecule has 2 aliphatic heterocycles. The maximum absolute atomic E-state index is 8.89. The van der Waals surface area contributed by atoms with Gasteiger partial charge in [0.1, 0.15) is 25.0 Å². The third-order valence-electron chi connectivity index (χ3n) is 4.14. The number of aliphatic imine (C=N–C) groups is 2. The number of carbonyl (C=O) groups is 2. The van der Waals surface area contributed by atoms with Crippen LogP contribution in [0.4, 0.5) is 0 Å². The summed E-state index contributed by atoms with van der Waals surface area (Å²) in [5.41, 5.74) is 1.75. The first-order valence-electron chi connectivity index (χ1n) is 9.80. The molecule has 2 atom stereocenters. The number of carboxylic acids is 2. The fourth-order valence-electron chi connectivity index (χ4n) is 2.48. The Morgan fingerprint density at radius 3 is 1.47 bits per heavy atom. The van der Waals surface area contributed by atoms with Crippen LogP contribution in [0.1, 0.15) is 52.7 Å². The van der Waals surface area contributed by atoms with Gasteiger partial charge in [0.2, 0.25) is 0 Å². The molecule has 0 fully saturated rings. The van der Waals surface area contributed by atoms with Crippen molar-refractivity contribution in [2.75, 3.05) is 13.2 Å². The van der Waals surface area contributed by atoms with Gasteiger partial charge in [0.15, 0.2) is 0 Å². The summed E-state index contributed by atoms with van der Waals surface area (Å²) >= 11 is 0. The number of rotatable bonds is 4. The van der Waals surface area contributed by atoms with Crippen LogP contribution in [0.15, 0.2) is 28.2 Å². The van der Waals surface area contributed by atoms with Crippen molar-refractivity contribution < 1.29 is 54.2 Å². The van der Waals surface area contributed by atoms with Crippen molar-refractivity contribution in [3.05, 3.63) is 35.4 Å². The van der Waals surface area contributed by atoms with Crippen LogP contribution in [0.3, 0.4) is 0 Å². The molecule has 0 aliphatic carbocycles. The number of benzene rings is 1. The third kappa shape index (κ3) is 11.3. The van der Waals surface area contributed by atoms with Crippen LogP contribution in [0.25, 0.3) is 0 Å². The predicted octanol–water partition coefficient (Wildman–Crippen LogP) is -0.225. The van der Waals surface area contributed by atoms with Gasteiger partial charge in [-0.1, -0.05) is 38.8 Å². The Bertz CT molecular complexity index is 725. The van der Waals surface area contributed by atoms with E-state index in [2.05, 4.69) is 43.7 Å². The second-order valence-electron chi connectivity index (χ2n) is 7.57. The van der Waals surface area contributed by atoms with Gasteiger partial charge in [-0.2, -0.15) is 0 Å². The quantitative estimate of drug-likeness (QED) is 0.381. The molecule has 180 valence electrons. The van der Waals surface area contributed by atoms with Gasteiger partial charge in [-0.3, -0.25) is 9.98 Å². The van der Waals surface area contributed by atoms with E-state index in [-0.39, 0.29) is 37.0 Å². The van der Waals surface area contributed by atoms with Crippen LogP contribution in [0.2, 0.25) is 0 Å². The van der Waals surface area contributed by atoms with E-state index in [0.29, 0.717) is 36.8 Å². The second kappa shape index (κ2) is 15.5. The van der Waals surface area contributed by atoms with E-state index in [1.807, 2.05) is 18.2 Å². The fraction of sp³-hybridized carbons (Fsp3) is 0.545. The molecule has 0 aromatic heterocycles. The van der Waals surface area contributed by atoms with Gasteiger partial charge in [-0.05, 0) is 25.7 Å². The van der Waals surface area contributed by atoms with Gasteiger partial charge in [0, 0.05) is 11.9 Å². The van der Waals surface area contributed by atoms with Gasteiger partial charge in [-0.25, -0.2) is 0 Å². The SMILES string of the molecule is CC(=O)[O-].CC(=O)[O-].CC(C)[C@H]1COC(c2[c-]c(C3=N[C@@H](C(C)C)CO3)ccc2)=N1.O.[Rh+3]. The van der Waals surface area contributed by atoms with Crippen molar-refractivity contribution in [2.24, 2.45) is 21.8 Å². The second-order valence-corrected chi connectivity index (χ2v) is 7.57. The molecule has 0 saturated carbocycles. The molecule has 0 unspecified atom stereocenters. The normalized spacial score (nSPS) is 18.2. The van der Waals surface area contributed by atoms with Gasteiger partial charge in [0.25, 0.3) is 0 Å². The standard InChI is InChI=1S/C18H23N2O2.2C2H4O2.H2O.Rh/c1-11(2)15-9-21-17(19-15)13-6-5-7-14(8-13)18-20-16(10-22-18)12(3)4;2*1-2(3)4;;/h5-7,11-12,15-16H,9-10H2,1-4H3;2*1H3,(H,3,4);1H2;/q-1;;;;+3/p-2/t15-,16-;;;;/m1..../s1. The Balaban J connectivity index is 0. The molecule has 2 aliphatic rings. The van der Waals surface area contributed by atoms with E-state index in [4.69, 9.17) is 29.3 Å². The molecule has 1 aromatic carbocycles. The smallest absolute Gasteiger partial charge is 0.550 e. The molecule has 2 heterocycles. The van der Waals surface area contributed by atoms with Gasteiger partial charge < -0.3 is 34.8 Å². The average Bonchev–Trinajstić information content (AvgIpc) is 3.31. The summed E-state index contributed by atoms with van der Waals surface area (Å²) in [7, 11) is 0. The number of nitrogens with zero attached hydrogens (tertiary/aromatic N) is 2. The van der Waals surface area contributed by atoms with E-state index < -0.39 is 11.9 Å². The van der Waals surface area contributed by atoms with Crippen LogP contribution in [-0.2, 0) is 38.5 Å². The zero-order chi connectivity index (χ0) is 22.8. The van der Waals surface area contributed by atoms with E-state index in [1.54, 1.807) is 0 Å². The molecule has 2 N–H and O–H groups in total. The minimum atomic E-state index is -1.08. The molecule has 1 aromatic rings. The van der Waals surface area contributed by atoms with Gasteiger partial charge >= 0.3 is 19.5 Å². The number of ether oxygens (including phenoxy) is 2. The summed E-state index contributed by atoms with van der Waals surface area (Å²) < 4.78 is 11.5. The Hall–Kier alpha value is -2.32. The maximum Gasteiger partial charge on any atom is 3.00 e. The first-order valence-corrected chi connectivity index (χ1v) is 9.80. The van der Waals surface area contributed by atoms with Crippen LogP contribution in [-0.4, -0.2) is 54.5 Å². The molecule has 0 spiro atoms. The molecule has 3 rings (SSSR count). The summed E-state index contributed by atoms with van der Waals surface area (Å²) in [6.07, 6.45) is 0. The molecule has 32 heavy (non-hydrogen) atoms. The molecule has 0 saturated heterocycles. The van der Waals surface area contributed by atoms with Crippen molar-refractivity contribution in [3.8, 4) is 0 Å². The summed E-state index contributed by atoms with van der Waals surface area (Å²) in [5.74, 6) is 0.157. The monoisotopic (exact) mass is 538 g/mol. The van der Waals surface area contributed by atoms with Crippen LogP contribution in [0.5, 0.6) is 0 Å². The summed E-state index contributed by atoms with van der Waals surface area (Å²) in [6, 6.07) is 9.73. The number of aliphatic carboxylic acids is 2. The Morgan fingerprint density at radius 2 is 1.22 bits per heavy atom.